The third kappa shape index (κ3) is 3.39. The summed E-state index contributed by atoms with van der Waals surface area (Å²) in [7, 11) is 0. The first-order chi connectivity index (χ1) is 8.65. The van der Waals surface area contributed by atoms with Crippen molar-refractivity contribution in [3.05, 3.63) is 5.01 Å². The lowest BCUT2D eigenvalue weighted by Gasteiger charge is -2.14. The first kappa shape index (κ1) is 12.7. The van der Waals surface area contributed by atoms with E-state index in [1.807, 2.05) is 0 Å². The van der Waals surface area contributed by atoms with Crippen LogP contribution in [0.5, 0.6) is 0 Å². The molecule has 3 amide bonds. The number of amides is 3. The molecule has 3 N–H and O–H groups in total. The first-order valence-corrected chi connectivity index (χ1v) is 6.62. The van der Waals surface area contributed by atoms with Crippen LogP contribution in [0.3, 0.4) is 0 Å². The van der Waals surface area contributed by atoms with E-state index in [0.717, 1.165) is 17.8 Å². The second-order valence-corrected chi connectivity index (χ2v) is 5.25. The molecule has 18 heavy (non-hydrogen) atoms. The van der Waals surface area contributed by atoms with E-state index in [-0.39, 0.29) is 5.91 Å². The SMILES string of the molecule is Cc1nnc(NC(=O)N[C@@H]2CCCCNC2=O)s1. The van der Waals surface area contributed by atoms with Gasteiger partial charge in [0.1, 0.15) is 11.0 Å². The quantitative estimate of drug-likeness (QED) is 0.734. The van der Waals surface area contributed by atoms with Crippen LogP contribution in [0.4, 0.5) is 9.93 Å². The lowest BCUT2D eigenvalue weighted by Crippen LogP contribution is -2.46. The van der Waals surface area contributed by atoms with Gasteiger partial charge in [-0.1, -0.05) is 11.3 Å². The highest BCUT2D eigenvalue weighted by molar-refractivity contribution is 7.15. The summed E-state index contributed by atoms with van der Waals surface area (Å²) in [6.07, 6.45) is 2.52. The molecule has 2 rings (SSSR count). The number of nitrogens with one attached hydrogen (secondary N) is 3. The van der Waals surface area contributed by atoms with Crippen molar-refractivity contribution in [2.45, 2.75) is 32.2 Å². The summed E-state index contributed by atoms with van der Waals surface area (Å²) in [6, 6.07) is -0.894. The molecule has 1 atom stereocenters. The Morgan fingerprint density at radius 3 is 3.00 bits per heavy atom. The number of aryl methyl sites for hydroxylation is 1. The van der Waals surface area contributed by atoms with Crippen LogP contribution in [-0.2, 0) is 4.79 Å². The fourth-order valence-corrected chi connectivity index (χ4v) is 2.30. The molecule has 0 unspecified atom stereocenters. The van der Waals surface area contributed by atoms with Crippen LogP contribution in [0, 0.1) is 6.92 Å². The zero-order valence-electron chi connectivity index (χ0n) is 10.0. The molecule has 1 aliphatic heterocycles. The van der Waals surface area contributed by atoms with Crippen molar-refractivity contribution in [2.75, 3.05) is 11.9 Å². The number of rotatable bonds is 2. The largest absolute Gasteiger partial charge is 0.354 e. The number of carbonyl (C=O) groups is 2. The molecule has 1 fully saturated rings. The molecule has 0 aliphatic carbocycles. The molecule has 7 nitrogen and oxygen atoms in total. The molecule has 0 bridgehead atoms. The van der Waals surface area contributed by atoms with Crippen LogP contribution < -0.4 is 16.0 Å². The number of anilines is 1. The van der Waals surface area contributed by atoms with Crippen LogP contribution in [0.15, 0.2) is 0 Å². The average Bonchev–Trinajstić information content (AvgIpc) is 2.61. The number of aromatic nitrogens is 2. The summed E-state index contributed by atoms with van der Waals surface area (Å²) in [5, 5.41) is 16.8. The Morgan fingerprint density at radius 1 is 1.44 bits per heavy atom. The Balaban J connectivity index is 1.88. The summed E-state index contributed by atoms with van der Waals surface area (Å²) in [5.41, 5.74) is 0. The standard InChI is InChI=1S/C10H15N5O2S/c1-6-14-15-10(18-6)13-9(17)12-7-4-2-3-5-11-8(7)16/h7H,2-5H2,1H3,(H,11,16)(H2,12,13,15,17)/t7-/m1/s1. The number of carbonyl (C=O) groups excluding carboxylic acids is 2. The van der Waals surface area contributed by atoms with Crippen LogP contribution in [0.1, 0.15) is 24.3 Å². The van der Waals surface area contributed by atoms with Gasteiger partial charge < -0.3 is 10.6 Å². The Labute approximate surface area is 108 Å². The topological polar surface area (TPSA) is 96.0 Å². The van der Waals surface area contributed by atoms with Crippen molar-refractivity contribution < 1.29 is 9.59 Å². The van der Waals surface area contributed by atoms with Crippen LogP contribution in [0.2, 0.25) is 0 Å². The van der Waals surface area contributed by atoms with Gasteiger partial charge in [-0.05, 0) is 26.2 Å². The molecule has 0 aromatic carbocycles. The van der Waals surface area contributed by atoms with Gasteiger partial charge in [0.2, 0.25) is 11.0 Å². The molecular formula is C10H15N5O2S. The zero-order chi connectivity index (χ0) is 13.0. The third-order valence-corrected chi connectivity index (χ3v) is 3.34. The smallest absolute Gasteiger partial charge is 0.321 e. The van der Waals surface area contributed by atoms with E-state index in [1.54, 1.807) is 6.92 Å². The Bertz CT molecular complexity index is 447. The van der Waals surface area contributed by atoms with Crippen molar-refractivity contribution in [1.82, 2.24) is 20.8 Å². The molecule has 0 spiro atoms. The predicted molar refractivity (Wildman–Crippen MR) is 67.4 cm³/mol. The van der Waals surface area contributed by atoms with Crippen LogP contribution in [-0.4, -0.2) is 34.7 Å². The molecule has 1 aliphatic rings. The highest BCUT2D eigenvalue weighted by atomic mass is 32.1. The van der Waals surface area contributed by atoms with E-state index >= 15 is 0 Å². The van der Waals surface area contributed by atoms with Crippen molar-refractivity contribution in [3.63, 3.8) is 0 Å². The average molecular weight is 269 g/mol. The second kappa shape index (κ2) is 5.76. The molecule has 1 aromatic rings. The van der Waals surface area contributed by atoms with Gasteiger partial charge in [0.25, 0.3) is 0 Å². The summed E-state index contributed by atoms with van der Waals surface area (Å²) in [4.78, 5) is 23.3. The van der Waals surface area contributed by atoms with Crippen molar-refractivity contribution in [3.8, 4) is 0 Å². The molecule has 98 valence electrons. The normalized spacial score (nSPS) is 19.8. The minimum Gasteiger partial charge on any atom is -0.354 e. The number of hydrogen-bond donors (Lipinski definition) is 3. The highest BCUT2D eigenvalue weighted by Gasteiger charge is 2.22. The zero-order valence-corrected chi connectivity index (χ0v) is 10.8. The molecule has 2 heterocycles. The summed E-state index contributed by atoms with van der Waals surface area (Å²) >= 11 is 1.29. The minimum absolute atomic E-state index is 0.129. The maximum Gasteiger partial charge on any atom is 0.321 e. The monoisotopic (exact) mass is 269 g/mol. The lowest BCUT2D eigenvalue weighted by molar-refractivity contribution is -0.122. The molecule has 1 saturated heterocycles. The number of urea groups is 1. The Hall–Kier alpha value is -1.70. The third-order valence-electron chi connectivity index (χ3n) is 2.59. The molecule has 1 aromatic heterocycles. The maximum atomic E-state index is 11.7. The highest BCUT2D eigenvalue weighted by Crippen LogP contribution is 2.13. The van der Waals surface area contributed by atoms with E-state index in [2.05, 4.69) is 26.1 Å². The van der Waals surface area contributed by atoms with Gasteiger partial charge in [-0.3, -0.25) is 10.1 Å². The molecule has 0 radical (unpaired) electrons. The van der Waals surface area contributed by atoms with E-state index in [9.17, 15) is 9.59 Å². The van der Waals surface area contributed by atoms with E-state index < -0.39 is 12.1 Å². The lowest BCUT2D eigenvalue weighted by atomic mass is 10.1. The van der Waals surface area contributed by atoms with Gasteiger partial charge in [0, 0.05) is 6.54 Å². The first-order valence-electron chi connectivity index (χ1n) is 5.80. The predicted octanol–water partition coefficient (Wildman–Crippen LogP) is 0.637. The van der Waals surface area contributed by atoms with Gasteiger partial charge >= 0.3 is 6.03 Å². The Kier molecular flexibility index (Phi) is 4.08. The van der Waals surface area contributed by atoms with Gasteiger partial charge in [0.05, 0.1) is 0 Å². The van der Waals surface area contributed by atoms with E-state index in [4.69, 9.17) is 0 Å². The molecule has 0 saturated carbocycles. The fourth-order valence-electron chi connectivity index (χ4n) is 1.72. The summed E-state index contributed by atoms with van der Waals surface area (Å²) in [6.45, 7) is 2.48. The van der Waals surface area contributed by atoms with Crippen molar-refractivity contribution in [2.24, 2.45) is 0 Å². The van der Waals surface area contributed by atoms with E-state index in [0.29, 0.717) is 18.1 Å². The van der Waals surface area contributed by atoms with E-state index in [1.165, 1.54) is 11.3 Å². The second-order valence-electron chi connectivity index (χ2n) is 4.06. The number of nitrogens with zero attached hydrogens (tertiary/aromatic N) is 2. The van der Waals surface area contributed by atoms with Crippen molar-refractivity contribution >= 4 is 28.4 Å². The van der Waals surface area contributed by atoms with Gasteiger partial charge in [0.15, 0.2) is 0 Å². The van der Waals surface area contributed by atoms with Gasteiger partial charge in [-0.2, -0.15) is 0 Å². The summed E-state index contributed by atoms with van der Waals surface area (Å²) < 4.78 is 0. The number of hydrogen-bond acceptors (Lipinski definition) is 5. The maximum absolute atomic E-state index is 11.7. The fraction of sp³-hybridized carbons (Fsp3) is 0.600. The minimum atomic E-state index is -0.471. The van der Waals surface area contributed by atoms with Gasteiger partial charge in [-0.15, -0.1) is 10.2 Å². The molecule has 8 heteroatoms. The van der Waals surface area contributed by atoms with Crippen LogP contribution >= 0.6 is 11.3 Å². The van der Waals surface area contributed by atoms with Gasteiger partial charge in [-0.25, -0.2) is 4.79 Å². The van der Waals surface area contributed by atoms with Crippen LogP contribution in [0.25, 0.3) is 0 Å². The summed E-state index contributed by atoms with van der Waals surface area (Å²) in [5.74, 6) is -0.129. The Morgan fingerprint density at radius 2 is 2.28 bits per heavy atom. The van der Waals surface area contributed by atoms with Crippen molar-refractivity contribution in [1.29, 1.82) is 0 Å². The molecular weight excluding hydrogens is 254 g/mol.